The predicted molar refractivity (Wildman–Crippen MR) is 72.1 cm³/mol. The van der Waals surface area contributed by atoms with E-state index < -0.39 is 0 Å². The van der Waals surface area contributed by atoms with Crippen LogP contribution in [-0.2, 0) is 11.3 Å². The first kappa shape index (κ1) is 14.2. The second kappa shape index (κ2) is 7.43. The molecule has 1 aliphatic rings. The lowest BCUT2D eigenvalue weighted by Crippen LogP contribution is -2.31. The van der Waals surface area contributed by atoms with Crippen molar-refractivity contribution in [2.24, 2.45) is 0 Å². The van der Waals surface area contributed by atoms with Crippen molar-refractivity contribution in [3.8, 4) is 0 Å². The van der Waals surface area contributed by atoms with Gasteiger partial charge in [0.1, 0.15) is 0 Å². The third-order valence-corrected chi connectivity index (χ3v) is 3.67. The summed E-state index contributed by atoms with van der Waals surface area (Å²) in [6.45, 7) is 4.30. The van der Waals surface area contributed by atoms with Crippen LogP contribution in [0, 0.1) is 0 Å². The normalized spacial score (nSPS) is 16.9. The smallest absolute Gasteiger partial charge is 0.363 e. The molecule has 0 aromatic carbocycles. The van der Waals surface area contributed by atoms with Crippen LogP contribution in [0.1, 0.15) is 57.9 Å². The van der Waals surface area contributed by atoms with Gasteiger partial charge in [0, 0.05) is 19.8 Å². The van der Waals surface area contributed by atoms with E-state index >= 15 is 0 Å². The zero-order valence-electron chi connectivity index (χ0n) is 11.8. The summed E-state index contributed by atoms with van der Waals surface area (Å²) in [6, 6.07) is 0.162. The van der Waals surface area contributed by atoms with Gasteiger partial charge >= 0.3 is 5.69 Å². The lowest BCUT2D eigenvalue weighted by molar-refractivity contribution is 0.0647. The van der Waals surface area contributed by atoms with Crippen molar-refractivity contribution in [1.82, 2.24) is 19.8 Å². The summed E-state index contributed by atoms with van der Waals surface area (Å²) in [5.41, 5.74) is -0.0672. The minimum absolute atomic E-state index is 0.0672. The summed E-state index contributed by atoms with van der Waals surface area (Å²) in [7, 11) is 0. The third kappa shape index (κ3) is 3.89. The van der Waals surface area contributed by atoms with E-state index in [4.69, 9.17) is 4.74 Å². The number of tetrazole rings is 1. The molecule has 6 heteroatoms. The van der Waals surface area contributed by atoms with E-state index in [1.54, 1.807) is 0 Å². The molecule has 0 atom stereocenters. The average molecular weight is 268 g/mol. The average Bonchev–Trinajstić information content (AvgIpc) is 2.81. The van der Waals surface area contributed by atoms with Crippen LogP contribution in [0.4, 0.5) is 0 Å². The number of hydrogen-bond donors (Lipinski definition) is 0. The van der Waals surface area contributed by atoms with Crippen LogP contribution >= 0.6 is 0 Å². The van der Waals surface area contributed by atoms with E-state index in [9.17, 15) is 4.79 Å². The maximum atomic E-state index is 12.1. The molecule has 2 heterocycles. The molecule has 0 aliphatic carbocycles. The van der Waals surface area contributed by atoms with Gasteiger partial charge in [-0.15, -0.1) is 0 Å². The van der Waals surface area contributed by atoms with Crippen LogP contribution < -0.4 is 5.69 Å². The van der Waals surface area contributed by atoms with Crippen molar-refractivity contribution in [3.05, 3.63) is 10.5 Å². The van der Waals surface area contributed by atoms with Gasteiger partial charge in [-0.05, 0) is 29.7 Å². The number of ether oxygens (including phenoxy) is 1. The Balaban J connectivity index is 1.85. The molecule has 0 N–H and O–H groups in total. The summed E-state index contributed by atoms with van der Waals surface area (Å²) < 4.78 is 8.34. The van der Waals surface area contributed by atoms with Gasteiger partial charge in [-0.2, -0.15) is 9.36 Å². The molecule has 1 aromatic heterocycles. The largest absolute Gasteiger partial charge is 0.381 e. The molecule has 6 nitrogen and oxygen atoms in total. The summed E-state index contributed by atoms with van der Waals surface area (Å²) in [5, 5.41) is 8.00. The highest BCUT2D eigenvalue weighted by Gasteiger charge is 2.20. The van der Waals surface area contributed by atoms with Crippen molar-refractivity contribution < 1.29 is 4.74 Å². The van der Waals surface area contributed by atoms with Crippen molar-refractivity contribution >= 4 is 0 Å². The van der Waals surface area contributed by atoms with Crippen molar-refractivity contribution in [3.63, 3.8) is 0 Å². The van der Waals surface area contributed by atoms with Crippen molar-refractivity contribution in [1.29, 1.82) is 0 Å². The second-order valence-corrected chi connectivity index (χ2v) is 5.19. The Morgan fingerprint density at radius 1 is 1.16 bits per heavy atom. The van der Waals surface area contributed by atoms with Gasteiger partial charge in [-0.25, -0.2) is 4.79 Å². The highest BCUT2D eigenvalue weighted by molar-refractivity contribution is 4.71. The molecule has 19 heavy (non-hydrogen) atoms. The first-order chi connectivity index (χ1) is 9.33. The fourth-order valence-corrected chi connectivity index (χ4v) is 2.45. The highest BCUT2D eigenvalue weighted by atomic mass is 16.5. The molecular formula is C13H24N4O2. The molecule has 108 valence electrons. The quantitative estimate of drug-likeness (QED) is 0.707. The van der Waals surface area contributed by atoms with Crippen molar-refractivity contribution in [2.75, 3.05) is 13.2 Å². The monoisotopic (exact) mass is 268 g/mol. The maximum absolute atomic E-state index is 12.1. The Hall–Kier alpha value is -1.17. The minimum Gasteiger partial charge on any atom is -0.381 e. The molecule has 0 amide bonds. The predicted octanol–water partition coefficient (Wildman–Crippen LogP) is 1.76. The van der Waals surface area contributed by atoms with Gasteiger partial charge in [0.25, 0.3) is 0 Å². The van der Waals surface area contributed by atoms with Gasteiger partial charge in [0.15, 0.2) is 0 Å². The fraction of sp³-hybridized carbons (Fsp3) is 0.923. The van der Waals surface area contributed by atoms with Gasteiger partial charge < -0.3 is 4.74 Å². The summed E-state index contributed by atoms with van der Waals surface area (Å²) in [6.07, 6.45) is 7.61. The molecular weight excluding hydrogens is 244 g/mol. The molecule has 0 saturated carbocycles. The lowest BCUT2D eigenvalue weighted by Gasteiger charge is -2.20. The third-order valence-electron chi connectivity index (χ3n) is 3.67. The van der Waals surface area contributed by atoms with Crippen LogP contribution in [0.3, 0.4) is 0 Å². The first-order valence-electron chi connectivity index (χ1n) is 7.43. The topological polar surface area (TPSA) is 61.9 Å². The van der Waals surface area contributed by atoms with E-state index in [2.05, 4.69) is 17.4 Å². The fourth-order valence-electron chi connectivity index (χ4n) is 2.45. The number of unbranched alkanes of at least 4 members (excludes halogenated alkanes) is 4. The van der Waals surface area contributed by atoms with Gasteiger partial charge in [-0.3, -0.25) is 0 Å². The van der Waals surface area contributed by atoms with Crippen LogP contribution in [-0.4, -0.2) is 33.0 Å². The Bertz CT molecular complexity index is 421. The standard InChI is InChI=1S/C13H24N4O2/c1-2-3-4-5-6-9-16-13(18)17(15-14-16)12-7-10-19-11-8-12/h12H,2-11H2,1H3. The molecule has 0 unspecified atom stereocenters. The number of aryl methyl sites for hydroxylation is 1. The van der Waals surface area contributed by atoms with Gasteiger partial charge in [-0.1, -0.05) is 32.6 Å². The van der Waals surface area contributed by atoms with Crippen molar-refractivity contribution in [2.45, 2.75) is 64.5 Å². The number of aromatic nitrogens is 4. The molecule has 1 aliphatic heterocycles. The second-order valence-electron chi connectivity index (χ2n) is 5.19. The van der Waals surface area contributed by atoms with Crippen LogP contribution in [0.25, 0.3) is 0 Å². The van der Waals surface area contributed by atoms with Gasteiger partial charge in [0.2, 0.25) is 0 Å². The highest BCUT2D eigenvalue weighted by Crippen LogP contribution is 2.17. The molecule has 1 aromatic rings. The zero-order valence-corrected chi connectivity index (χ0v) is 11.8. The Kier molecular flexibility index (Phi) is 5.57. The Morgan fingerprint density at radius 3 is 2.63 bits per heavy atom. The van der Waals surface area contributed by atoms with E-state index in [0.29, 0.717) is 19.8 Å². The van der Waals surface area contributed by atoms with Crippen LogP contribution in [0.2, 0.25) is 0 Å². The minimum atomic E-state index is -0.0672. The van der Waals surface area contributed by atoms with E-state index in [1.165, 1.54) is 28.6 Å². The van der Waals surface area contributed by atoms with E-state index in [1.807, 2.05) is 0 Å². The van der Waals surface area contributed by atoms with Crippen LogP contribution in [0.5, 0.6) is 0 Å². The zero-order chi connectivity index (χ0) is 13.5. The lowest BCUT2D eigenvalue weighted by atomic mass is 10.1. The number of rotatable bonds is 7. The van der Waals surface area contributed by atoms with Gasteiger partial charge in [0.05, 0.1) is 6.04 Å². The van der Waals surface area contributed by atoms with E-state index in [-0.39, 0.29) is 11.7 Å². The molecule has 0 spiro atoms. The number of hydrogen-bond acceptors (Lipinski definition) is 4. The summed E-state index contributed by atoms with van der Waals surface area (Å²) >= 11 is 0. The molecule has 1 saturated heterocycles. The molecule has 1 fully saturated rings. The Labute approximate surface area is 113 Å². The molecule has 2 rings (SSSR count). The summed E-state index contributed by atoms with van der Waals surface area (Å²) in [5.74, 6) is 0. The Morgan fingerprint density at radius 2 is 1.89 bits per heavy atom. The SMILES string of the molecule is CCCCCCCn1nnn(C2CCOCC2)c1=O. The first-order valence-corrected chi connectivity index (χ1v) is 7.43. The van der Waals surface area contributed by atoms with E-state index in [0.717, 1.165) is 25.7 Å². The molecule has 0 bridgehead atoms. The maximum Gasteiger partial charge on any atom is 0.363 e. The van der Waals surface area contributed by atoms with Crippen LogP contribution in [0.15, 0.2) is 4.79 Å². The number of nitrogens with zero attached hydrogens (tertiary/aromatic N) is 4. The molecule has 0 radical (unpaired) electrons. The summed E-state index contributed by atoms with van der Waals surface area (Å²) in [4.78, 5) is 12.1.